The van der Waals surface area contributed by atoms with Crippen molar-refractivity contribution in [2.75, 3.05) is 11.9 Å². The molecule has 0 unspecified atom stereocenters. The van der Waals surface area contributed by atoms with E-state index in [2.05, 4.69) is 15.4 Å². The number of esters is 2. The predicted molar refractivity (Wildman–Crippen MR) is 165 cm³/mol. The summed E-state index contributed by atoms with van der Waals surface area (Å²) in [5, 5.41) is 6.92. The molecule has 5 rings (SSSR count). The van der Waals surface area contributed by atoms with Crippen molar-refractivity contribution in [1.29, 1.82) is 0 Å². The van der Waals surface area contributed by atoms with Gasteiger partial charge in [-0.2, -0.15) is 5.10 Å². The van der Waals surface area contributed by atoms with Crippen LogP contribution in [0.1, 0.15) is 102 Å². The van der Waals surface area contributed by atoms with E-state index in [4.69, 9.17) is 33.5 Å². The second-order valence-electron chi connectivity index (χ2n) is 12.8. The van der Waals surface area contributed by atoms with E-state index in [1.807, 2.05) is 27.7 Å². The van der Waals surface area contributed by atoms with Gasteiger partial charge in [0, 0.05) is 18.8 Å². The largest absolute Gasteiger partial charge is 0.519 e. The van der Waals surface area contributed by atoms with E-state index in [0.29, 0.717) is 29.3 Å². The van der Waals surface area contributed by atoms with Gasteiger partial charge >= 0.3 is 23.9 Å². The Labute approximate surface area is 271 Å². The van der Waals surface area contributed by atoms with Crippen molar-refractivity contribution in [2.24, 2.45) is 17.6 Å². The molecule has 15 heteroatoms. The summed E-state index contributed by atoms with van der Waals surface area (Å²) >= 11 is 0. The van der Waals surface area contributed by atoms with Gasteiger partial charge < -0.3 is 33.5 Å². The number of hydrogen-bond acceptors (Lipinski definition) is 13. The molecule has 0 spiro atoms. The number of aromatic nitrogens is 3. The fourth-order valence-corrected chi connectivity index (χ4v) is 5.96. The zero-order valence-electron chi connectivity index (χ0n) is 27.1. The maximum atomic E-state index is 12.8. The lowest BCUT2D eigenvalue weighted by Crippen LogP contribution is -2.41. The van der Waals surface area contributed by atoms with Crippen molar-refractivity contribution in [3.8, 4) is 0 Å². The van der Waals surface area contributed by atoms with Crippen molar-refractivity contribution < 1.29 is 42.2 Å². The van der Waals surface area contributed by atoms with E-state index in [1.54, 1.807) is 16.6 Å². The zero-order valence-corrected chi connectivity index (χ0v) is 27.1. The number of nitrogens with zero attached hydrogens (tertiary/aromatic N) is 3. The lowest BCUT2D eigenvalue weighted by Gasteiger charge is -2.23. The van der Waals surface area contributed by atoms with E-state index >= 15 is 0 Å². The summed E-state index contributed by atoms with van der Waals surface area (Å²) in [6.07, 6.45) is 4.46. The summed E-state index contributed by atoms with van der Waals surface area (Å²) in [6.45, 7) is 6.89. The van der Waals surface area contributed by atoms with Crippen LogP contribution >= 0.6 is 0 Å². The van der Waals surface area contributed by atoms with Crippen molar-refractivity contribution in [3.05, 3.63) is 46.3 Å². The Morgan fingerprint density at radius 2 is 1.85 bits per heavy atom. The Morgan fingerprint density at radius 1 is 1.09 bits per heavy atom. The van der Waals surface area contributed by atoms with Gasteiger partial charge in [0.1, 0.15) is 42.8 Å². The SMILES string of the molecule is CC(C)c1oc(=O)oc1COC(=O)Nc1ncnn2c([C@H]3C[C@H](OC(=O)[C@@H](N)C(C)C)[C@@H](COC(=O)CC4CCCCC4)O3)ccc12. The first-order valence-corrected chi connectivity index (χ1v) is 16.2. The molecule has 3 N–H and O–H groups in total. The summed E-state index contributed by atoms with van der Waals surface area (Å²) in [5.74, 6) is -1.12. The molecule has 2 fully saturated rings. The van der Waals surface area contributed by atoms with Crippen LogP contribution in [0.2, 0.25) is 0 Å². The summed E-state index contributed by atoms with van der Waals surface area (Å²) in [7, 11) is 0. The fraction of sp³-hybridized carbons (Fsp3) is 0.625. The first-order chi connectivity index (χ1) is 22.5. The molecule has 47 heavy (non-hydrogen) atoms. The zero-order chi connectivity index (χ0) is 33.7. The highest BCUT2D eigenvalue weighted by molar-refractivity contribution is 5.88. The Balaban J connectivity index is 1.27. The molecule has 4 heterocycles. The third-order valence-electron chi connectivity index (χ3n) is 8.61. The van der Waals surface area contributed by atoms with E-state index < -0.39 is 42.2 Å². The molecule has 3 aromatic heterocycles. The summed E-state index contributed by atoms with van der Waals surface area (Å²) in [4.78, 5) is 53.9. The van der Waals surface area contributed by atoms with Crippen molar-refractivity contribution in [1.82, 2.24) is 14.6 Å². The van der Waals surface area contributed by atoms with Crippen LogP contribution in [0.25, 0.3) is 5.52 Å². The van der Waals surface area contributed by atoms with E-state index in [0.717, 1.165) is 25.7 Å². The van der Waals surface area contributed by atoms with Crippen LogP contribution in [0.5, 0.6) is 0 Å². The van der Waals surface area contributed by atoms with Gasteiger partial charge in [0.15, 0.2) is 23.9 Å². The summed E-state index contributed by atoms with van der Waals surface area (Å²) in [5.41, 5.74) is 7.10. The molecule has 2 aliphatic rings. The molecule has 15 nitrogen and oxygen atoms in total. The maximum Gasteiger partial charge on any atom is 0.519 e. The maximum absolute atomic E-state index is 12.8. The third kappa shape index (κ3) is 8.38. The van der Waals surface area contributed by atoms with E-state index in [-0.39, 0.29) is 49.0 Å². The number of rotatable bonds is 12. The number of fused-ring (bicyclic) bond motifs is 1. The first kappa shape index (κ1) is 34.1. The molecule has 0 aromatic carbocycles. The van der Waals surface area contributed by atoms with Gasteiger partial charge in [0.2, 0.25) is 0 Å². The molecule has 1 aliphatic carbocycles. The fourth-order valence-electron chi connectivity index (χ4n) is 5.96. The number of carbonyl (C=O) groups excluding carboxylic acids is 3. The van der Waals surface area contributed by atoms with Crippen LogP contribution in [-0.4, -0.2) is 57.5 Å². The minimum absolute atomic E-state index is 0.0802. The van der Waals surface area contributed by atoms with Crippen LogP contribution in [0.4, 0.5) is 10.6 Å². The van der Waals surface area contributed by atoms with Crippen molar-refractivity contribution in [3.63, 3.8) is 0 Å². The standard InChI is InChI=1S/C32H43N5O10/c1-17(2)27(33)30(39)45-23-13-22(44-24(23)14-42-26(38)12-19-8-6-5-7-9-19)20-10-11-21-29(34-16-35-37(20)21)36-31(40)43-15-25-28(18(3)4)47-32(41)46-25/h10-11,16-19,22-24,27H,5-9,12-15,33H2,1-4H3,(H,34,35,36,40)/t22-,23+,24-,27+/m1/s1. The molecular weight excluding hydrogens is 614 g/mol. The molecule has 1 amide bonds. The van der Waals surface area contributed by atoms with Gasteiger partial charge in [-0.25, -0.2) is 19.1 Å². The minimum Gasteiger partial charge on any atom is -0.463 e. The third-order valence-corrected chi connectivity index (χ3v) is 8.61. The highest BCUT2D eigenvalue weighted by atomic mass is 16.6. The smallest absolute Gasteiger partial charge is 0.463 e. The molecule has 1 saturated carbocycles. The molecular formula is C32H43N5O10. The number of hydrogen-bond donors (Lipinski definition) is 2. The lowest BCUT2D eigenvalue weighted by atomic mass is 9.87. The van der Waals surface area contributed by atoms with Gasteiger partial charge in [-0.3, -0.25) is 14.9 Å². The highest BCUT2D eigenvalue weighted by Gasteiger charge is 2.41. The molecule has 1 saturated heterocycles. The topological polar surface area (TPSA) is 200 Å². The normalized spacial score (nSPS) is 20.9. The second-order valence-corrected chi connectivity index (χ2v) is 12.8. The molecule has 0 radical (unpaired) electrons. The molecule has 256 valence electrons. The first-order valence-electron chi connectivity index (χ1n) is 16.2. The Hall–Kier alpha value is -4.24. The minimum atomic E-state index is -0.875. The van der Waals surface area contributed by atoms with Gasteiger partial charge in [-0.1, -0.05) is 47.0 Å². The van der Waals surface area contributed by atoms with Crippen LogP contribution in [-0.2, 0) is 35.1 Å². The van der Waals surface area contributed by atoms with Crippen LogP contribution in [0.15, 0.2) is 32.1 Å². The number of nitrogens with one attached hydrogen (secondary N) is 1. The predicted octanol–water partition coefficient (Wildman–Crippen LogP) is 4.39. The van der Waals surface area contributed by atoms with Crippen LogP contribution in [0, 0.1) is 11.8 Å². The van der Waals surface area contributed by atoms with Crippen LogP contribution < -0.4 is 16.9 Å². The van der Waals surface area contributed by atoms with Crippen LogP contribution in [0.3, 0.4) is 0 Å². The summed E-state index contributed by atoms with van der Waals surface area (Å²) in [6, 6.07) is 2.64. The number of anilines is 1. The van der Waals surface area contributed by atoms with Gasteiger partial charge in [-0.05, 0) is 36.8 Å². The van der Waals surface area contributed by atoms with Gasteiger partial charge in [0.05, 0.1) is 5.69 Å². The van der Waals surface area contributed by atoms with E-state index in [1.165, 1.54) is 12.7 Å². The molecule has 3 aromatic rings. The highest BCUT2D eigenvalue weighted by Crippen LogP contribution is 2.37. The quantitative estimate of drug-likeness (QED) is 0.205. The Kier molecular flexibility index (Phi) is 11.0. The average Bonchev–Trinajstić information content (AvgIpc) is 3.76. The van der Waals surface area contributed by atoms with Crippen molar-refractivity contribution >= 4 is 29.4 Å². The Bertz CT molecular complexity index is 1600. The van der Waals surface area contributed by atoms with E-state index in [9.17, 15) is 19.2 Å². The average molecular weight is 658 g/mol. The Morgan fingerprint density at radius 3 is 2.57 bits per heavy atom. The second kappa shape index (κ2) is 15.1. The summed E-state index contributed by atoms with van der Waals surface area (Å²) < 4.78 is 34.6. The number of nitrogens with two attached hydrogens (primary N) is 1. The molecule has 4 atom stereocenters. The molecule has 1 aliphatic heterocycles. The number of amides is 1. The van der Waals surface area contributed by atoms with Crippen molar-refractivity contribution in [2.45, 2.75) is 110 Å². The monoisotopic (exact) mass is 657 g/mol. The lowest BCUT2D eigenvalue weighted by molar-refractivity contribution is -0.159. The van der Waals surface area contributed by atoms with Gasteiger partial charge in [-0.15, -0.1) is 0 Å². The molecule has 0 bridgehead atoms. The number of ether oxygens (including phenoxy) is 4. The van der Waals surface area contributed by atoms with Gasteiger partial charge in [0.25, 0.3) is 0 Å². The number of carbonyl (C=O) groups is 3.